The van der Waals surface area contributed by atoms with Crippen molar-refractivity contribution in [2.24, 2.45) is 0 Å². The Bertz CT molecular complexity index is 1290. The van der Waals surface area contributed by atoms with Crippen LogP contribution in [-0.2, 0) is 27.3 Å². The second-order valence-corrected chi connectivity index (χ2v) is 11.4. The number of carbonyl (C=O) groups is 3. The second kappa shape index (κ2) is 14.5. The highest BCUT2D eigenvalue weighted by atomic mass is 16.6. The quantitative estimate of drug-likeness (QED) is 0.298. The van der Waals surface area contributed by atoms with Gasteiger partial charge in [0.15, 0.2) is 0 Å². The van der Waals surface area contributed by atoms with E-state index in [1.165, 1.54) is 0 Å². The SMILES string of the molecule is CCC(C)N(C(=O)C(Cc1ccccc1)NC(=O)OC(C)(C)C)C(C(=O)NCc1ccccc1)c1ccccc1C. The van der Waals surface area contributed by atoms with Gasteiger partial charge in [-0.2, -0.15) is 0 Å². The van der Waals surface area contributed by atoms with Crippen LogP contribution in [-0.4, -0.2) is 40.5 Å². The highest BCUT2D eigenvalue weighted by molar-refractivity contribution is 5.92. The summed E-state index contributed by atoms with van der Waals surface area (Å²) in [5, 5.41) is 5.87. The van der Waals surface area contributed by atoms with Crippen LogP contribution in [0.2, 0.25) is 0 Å². The molecule has 3 aromatic rings. The summed E-state index contributed by atoms with van der Waals surface area (Å²) in [6.07, 6.45) is 0.180. The average Bonchev–Trinajstić information content (AvgIpc) is 2.94. The minimum atomic E-state index is -0.949. The van der Waals surface area contributed by atoms with Crippen molar-refractivity contribution in [3.8, 4) is 0 Å². The molecule has 0 saturated carbocycles. The largest absolute Gasteiger partial charge is 0.444 e. The number of hydrogen-bond donors (Lipinski definition) is 2. The van der Waals surface area contributed by atoms with Crippen molar-refractivity contribution < 1.29 is 19.1 Å². The fourth-order valence-corrected chi connectivity index (χ4v) is 4.67. The Labute approximate surface area is 244 Å². The van der Waals surface area contributed by atoms with Gasteiger partial charge >= 0.3 is 6.09 Å². The lowest BCUT2D eigenvalue weighted by molar-refractivity contribution is -0.145. The number of nitrogens with zero attached hydrogens (tertiary/aromatic N) is 1. The summed E-state index contributed by atoms with van der Waals surface area (Å²) >= 11 is 0. The number of benzene rings is 3. The molecule has 0 aliphatic carbocycles. The van der Waals surface area contributed by atoms with Crippen LogP contribution in [0.5, 0.6) is 0 Å². The lowest BCUT2D eigenvalue weighted by Gasteiger charge is -2.38. The summed E-state index contributed by atoms with van der Waals surface area (Å²) in [5.41, 5.74) is 2.74. The van der Waals surface area contributed by atoms with Gasteiger partial charge in [-0.3, -0.25) is 9.59 Å². The van der Waals surface area contributed by atoms with Crippen LogP contribution in [0.1, 0.15) is 69.3 Å². The first kappa shape index (κ1) is 31.4. The zero-order chi connectivity index (χ0) is 30.0. The minimum Gasteiger partial charge on any atom is -0.444 e. The number of nitrogens with one attached hydrogen (secondary N) is 2. The molecule has 0 fully saturated rings. The molecule has 218 valence electrons. The molecule has 3 aromatic carbocycles. The van der Waals surface area contributed by atoms with Crippen molar-refractivity contribution in [1.82, 2.24) is 15.5 Å². The fourth-order valence-electron chi connectivity index (χ4n) is 4.67. The number of aryl methyl sites for hydroxylation is 1. The zero-order valence-electron chi connectivity index (χ0n) is 25.0. The molecule has 3 unspecified atom stereocenters. The van der Waals surface area contributed by atoms with Crippen molar-refractivity contribution >= 4 is 17.9 Å². The summed E-state index contributed by atoms with van der Waals surface area (Å²) in [7, 11) is 0. The van der Waals surface area contributed by atoms with E-state index < -0.39 is 23.8 Å². The third-order valence-corrected chi connectivity index (χ3v) is 6.91. The highest BCUT2D eigenvalue weighted by Crippen LogP contribution is 2.29. The predicted molar refractivity (Wildman–Crippen MR) is 162 cm³/mol. The van der Waals surface area contributed by atoms with E-state index in [1.807, 2.05) is 106 Å². The van der Waals surface area contributed by atoms with Crippen molar-refractivity contribution in [3.05, 3.63) is 107 Å². The van der Waals surface area contributed by atoms with Crippen molar-refractivity contribution in [1.29, 1.82) is 0 Å². The molecule has 0 spiro atoms. The maximum absolute atomic E-state index is 14.5. The van der Waals surface area contributed by atoms with Crippen LogP contribution in [0.15, 0.2) is 84.9 Å². The maximum atomic E-state index is 14.5. The number of rotatable bonds is 11. The first-order valence-electron chi connectivity index (χ1n) is 14.2. The molecule has 2 N–H and O–H groups in total. The number of amides is 3. The molecule has 3 amide bonds. The van der Waals surface area contributed by atoms with Gasteiger partial charge in [0.2, 0.25) is 11.8 Å². The van der Waals surface area contributed by atoms with Crippen molar-refractivity contribution in [2.45, 2.75) is 84.7 Å². The Hall–Kier alpha value is -4.13. The van der Waals surface area contributed by atoms with Gasteiger partial charge in [-0.1, -0.05) is 91.9 Å². The van der Waals surface area contributed by atoms with Crippen LogP contribution >= 0.6 is 0 Å². The van der Waals surface area contributed by atoms with E-state index in [1.54, 1.807) is 25.7 Å². The molecule has 0 aliphatic rings. The first-order chi connectivity index (χ1) is 19.5. The standard InChI is InChI=1S/C34H43N3O4/c1-7-25(3)37(32(39)29(22-26-17-10-8-11-18-26)36-33(40)41-34(4,5)6)30(28-21-15-14-16-24(28)2)31(38)35-23-27-19-12-9-13-20-27/h8-21,25,29-30H,7,22-23H2,1-6H3,(H,35,38)(H,36,40). The van der Waals surface area contributed by atoms with Crippen molar-refractivity contribution in [2.75, 3.05) is 0 Å². The smallest absolute Gasteiger partial charge is 0.408 e. The molecule has 3 atom stereocenters. The van der Waals surface area contributed by atoms with Gasteiger partial charge in [-0.25, -0.2) is 4.79 Å². The van der Waals surface area contributed by atoms with E-state index in [-0.39, 0.29) is 24.3 Å². The van der Waals surface area contributed by atoms with E-state index in [4.69, 9.17) is 4.74 Å². The van der Waals surface area contributed by atoms with E-state index in [9.17, 15) is 14.4 Å². The van der Waals surface area contributed by atoms with Gasteiger partial charge in [0.1, 0.15) is 17.7 Å². The third-order valence-electron chi connectivity index (χ3n) is 6.91. The van der Waals surface area contributed by atoms with Gasteiger partial charge in [0.05, 0.1) is 0 Å². The van der Waals surface area contributed by atoms with Gasteiger partial charge in [-0.15, -0.1) is 0 Å². The van der Waals surface area contributed by atoms with Gasteiger partial charge in [0.25, 0.3) is 0 Å². The lowest BCUT2D eigenvalue weighted by Crippen LogP contribution is -2.56. The molecular formula is C34H43N3O4. The second-order valence-electron chi connectivity index (χ2n) is 11.4. The van der Waals surface area contributed by atoms with Crippen LogP contribution in [0.25, 0.3) is 0 Å². The number of alkyl carbamates (subject to hydrolysis) is 1. The Morgan fingerprint density at radius 2 is 1.41 bits per heavy atom. The molecule has 7 heteroatoms. The molecule has 0 heterocycles. The van der Waals surface area contributed by atoms with E-state index in [0.717, 1.165) is 22.3 Å². The topological polar surface area (TPSA) is 87.7 Å². The minimum absolute atomic E-state index is 0.248. The fraction of sp³-hybridized carbons (Fsp3) is 0.382. The average molecular weight is 558 g/mol. The van der Waals surface area contributed by atoms with Crippen LogP contribution in [0, 0.1) is 6.92 Å². The number of hydrogen-bond acceptors (Lipinski definition) is 4. The molecule has 41 heavy (non-hydrogen) atoms. The molecule has 0 saturated heterocycles. The van der Waals surface area contributed by atoms with Gasteiger partial charge < -0.3 is 20.3 Å². The Morgan fingerprint density at radius 1 is 0.854 bits per heavy atom. The molecule has 3 rings (SSSR count). The van der Waals surface area contributed by atoms with Crippen molar-refractivity contribution in [3.63, 3.8) is 0 Å². The summed E-state index contributed by atoms with van der Waals surface area (Å²) < 4.78 is 5.52. The van der Waals surface area contributed by atoms with Gasteiger partial charge in [-0.05, 0) is 63.3 Å². The summed E-state index contributed by atoms with van der Waals surface area (Å²) in [6, 6.07) is 24.6. The van der Waals surface area contributed by atoms with E-state index in [2.05, 4.69) is 10.6 Å². The normalized spacial score (nSPS) is 13.4. The first-order valence-corrected chi connectivity index (χ1v) is 14.2. The number of ether oxygens (including phenoxy) is 1. The zero-order valence-corrected chi connectivity index (χ0v) is 25.0. The van der Waals surface area contributed by atoms with E-state index >= 15 is 0 Å². The molecular weight excluding hydrogens is 514 g/mol. The van der Waals surface area contributed by atoms with Gasteiger partial charge in [0, 0.05) is 19.0 Å². The molecule has 7 nitrogen and oxygen atoms in total. The van der Waals surface area contributed by atoms with Crippen LogP contribution in [0.4, 0.5) is 4.79 Å². The monoisotopic (exact) mass is 557 g/mol. The molecule has 0 aromatic heterocycles. The molecule has 0 radical (unpaired) electrons. The number of carbonyl (C=O) groups excluding carboxylic acids is 3. The molecule has 0 aliphatic heterocycles. The maximum Gasteiger partial charge on any atom is 0.408 e. The lowest BCUT2D eigenvalue weighted by atomic mass is 9.95. The van der Waals surface area contributed by atoms with Crippen LogP contribution in [0.3, 0.4) is 0 Å². The summed E-state index contributed by atoms with van der Waals surface area (Å²) in [5.74, 6) is -0.635. The Morgan fingerprint density at radius 3 is 1.98 bits per heavy atom. The molecule has 0 bridgehead atoms. The summed E-state index contributed by atoms with van der Waals surface area (Å²) in [6.45, 7) is 11.5. The van der Waals surface area contributed by atoms with E-state index in [0.29, 0.717) is 13.0 Å². The predicted octanol–water partition coefficient (Wildman–Crippen LogP) is 6.12. The Kier molecular flexibility index (Phi) is 11.1. The summed E-state index contributed by atoms with van der Waals surface area (Å²) in [4.78, 5) is 43.1. The highest BCUT2D eigenvalue weighted by Gasteiger charge is 2.39. The Balaban J connectivity index is 2.04. The third kappa shape index (κ3) is 9.20. The van der Waals surface area contributed by atoms with Crippen LogP contribution < -0.4 is 10.6 Å².